The average molecular weight is 295 g/mol. The van der Waals surface area contributed by atoms with Gasteiger partial charge in [0.1, 0.15) is 10.8 Å². The molecule has 3 N–H and O–H groups in total. The molecule has 0 radical (unpaired) electrons. The Kier molecular flexibility index (Phi) is 4.67. The summed E-state index contributed by atoms with van der Waals surface area (Å²) in [6, 6.07) is 4.99. The summed E-state index contributed by atoms with van der Waals surface area (Å²) in [7, 11) is 0. The zero-order valence-electron chi connectivity index (χ0n) is 11.4. The van der Waals surface area contributed by atoms with Crippen molar-refractivity contribution < 1.29 is 9.18 Å². The molecule has 1 unspecified atom stereocenters. The monoisotopic (exact) mass is 295 g/mol. The summed E-state index contributed by atoms with van der Waals surface area (Å²) in [5.74, 6) is -0.317. The maximum atomic E-state index is 14.0. The summed E-state index contributed by atoms with van der Waals surface area (Å²) < 4.78 is 14.0. The number of nitrogens with two attached hydrogens (primary N) is 1. The summed E-state index contributed by atoms with van der Waals surface area (Å²) in [4.78, 5) is 13.3. The number of likely N-dealkylation sites (tertiary alicyclic amines) is 1. The molecule has 6 heteroatoms. The third-order valence-corrected chi connectivity index (χ3v) is 3.65. The van der Waals surface area contributed by atoms with Crippen molar-refractivity contribution >= 4 is 23.1 Å². The predicted octanol–water partition coefficient (Wildman–Crippen LogP) is 1.17. The zero-order chi connectivity index (χ0) is 14.7. The Hall–Kier alpha value is -1.53. The first-order valence-corrected chi connectivity index (χ1v) is 6.94. The van der Waals surface area contributed by atoms with Crippen LogP contribution in [0.15, 0.2) is 18.2 Å². The molecule has 108 valence electrons. The highest BCUT2D eigenvalue weighted by molar-refractivity contribution is 7.80. The summed E-state index contributed by atoms with van der Waals surface area (Å²) in [5, 5.41) is 2.89. The smallest absolute Gasteiger partial charge is 0.217 e. The van der Waals surface area contributed by atoms with E-state index in [9.17, 15) is 9.18 Å². The van der Waals surface area contributed by atoms with Crippen molar-refractivity contribution in [2.24, 2.45) is 5.73 Å². The Morgan fingerprint density at radius 2 is 2.35 bits per heavy atom. The van der Waals surface area contributed by atoms with Crippen molar-refractivity contribution in [3.8, 4) is 0 Å². The van der Waals surface area contributed by atoms with Crippen molar-refractivity contribution in [3.63, 3.8) is 0 Å². The number of hydrogen-bond donors (Lipinski definition) is 2. The van der Waals surface area contributed by atoms with Gasteiger partial charge in [-0.2, -0.15) is 0 Å². The van der Waals surface area contributed by atoms with Gasteiger partial charge in [0.2, 0.25) is 5.91 Å². The molecule has 1 aliphatic heterocycles. The predicted molar refractivity (Wildman–Crippen MR) is 79.8 cm³/mol. The van der Waals surface area contributed by atoms with Gasteiger partial charge in [-0.05, 0) is 12.5 Å². The molecule has 0 bridgehead atoms. The number of amides is 1. The van der Waals surface area contributed by atoms with Crippen molar-refractivity contribution in [3.05, 3.63) is 35.1 Å². The molecule has 4 nitrogen and oxygen atoms in total. The van der Waals surface area contributed by atoms with Gasteiger partial charge in [0, 0.05) is 43.7 Å². The Bertz CT molecular complexity index is 535. The fourth-order valence-electron chi connectivity index (χ4n) is 2.45. The Balaban J connectivity index is 1.97. The van der Waals surface area contributed by atoms with E-state index in [2.05, 4.69) is 10.2 Å². The van der Waals surface area contributed by atoms with Crippen LogP contribution in [-0.2, 0) is 11.3 Å². The lowest BCUT2D eigenvalue weighted by Gasteiger charge is -2.17. The van der Waals surface area contributed by atoms with Crippen LogP contribution in [0, 0.1) is 5.82 Å². The summed E-state index contributed by atoms with van der Waals surface area (Å²) >= 11 is 4.82. The molecule has 1 amide bonds. The standard InChI is InChI=1S/C14H18FN3OS/c1-9(19)17-12-4-5-18(8-12)7-11-3-2-10(14(16)20)6-13(11)15/h2-3,6,12H,4-5,7-8H2,1H3,(H2,16,20)(H,17,19). The van der Waals surface area contributed by atoms with Crippen LogP contribution in [-0.4, -0.2) is 34.9 Å². The first-order valence-electron chi connectivity index (χ1n) is 6.53. The minimum atomic E-state index is -0.293. The van der Waals surface area contributed by atoms with Gasteiger partial charge in [-0.25, -0.2) is 4.39 Å². The van der Waals surface area contributed by atoms with Crippen molar-refractivity contribution in [1.82, 2.24) is 10.2 Å². The fraction of sp³-hybridized carbons (Fsp3) is 0.429. The van der Waals surface area contributed by atoms with Crippen LogP contribution in [0.2, 0.25) is 0 Å². The molecule has 1 fully saturated rings. The lowest BCUT2D eigenvalue weighted by molar-refractivity contribution is -0.119. The van der Waals surface area contributed by atoms with Gasteiger partial charge in [0.05, 0.1) is 0 Å². The van der Waals surface area contributed by atoms with Crippen LogP contribution in [0.25, 0.3) is 0 Å². The molecule has 0 aromatic heterocycles. The van der Waals surface area contributed by atoms with E-state index in [1.54, 1.807) is 12.1 Å². The third-order valence-electron chi connectivity index (χ3n) is 3.41. The second-order valence-corrected chi connectivity index (χ2v) is 5.53. The highest BCUT2D eigenvalue weighted by atomic mass is 32.1. The Morgan fingerprint density at radius 3 is 2.95 bits per heavy atom. The average Bonchev–Trinajstić information content (AvgIpc) is 2.78. The van der Waals surface area contributed by atoms with E-state index in [4.69, 9.17) is 18.0 Å². The van der Waals surface area contributed by atoms with Crippen LogP contribution in [0.4, 0.5) is 4.39 Å². The van der Waals surface area contributed by atoms with E-state index in [0.29, 0.717) is 17.7 Å². The minimum Gasteiger partial charge on any atom is -0.389 e. The van der Waals surface area contributed by atoms with Crippen LogP contribution in [0.1, 0.15) is 24.5 Å². The Morgan fingerprint density at radius 1 is 1.60 bits per heavy atom. The molecule has 0 saturated carbocycles. The second-order valence-electron chi connectivity index (χ2n) is 5.09. The zero-order valence-corrected chi connectivity index (χ0v) is 12.2. The van der Waals surface area contributed by atoms with Gasteiger partial charge in [-0.15, -0.1) is 0 Å². The van der Waals surface area contributed by atoms with Gasteiger partial charge in [-0.3, -0.25) is 9.69 Å². The van der Waals surface area contributed by atoms with Crippen molar-refractivity contribution in [2.45, 2.75) is 25.9 Å². The number of hydrogen-bond acceptors (Lipinski definition) is 3. The summed E-state index contributed by atoms with van der Waals surface area (Å²) in [5.41, 5.74) is 6.63. The maximum absolute atomic E-state index is 14.0. The highest BCUT2D eigenvalue weighted by Gasteiger charge is 2.23. The van der Waals surface area contributed by atoms with Crippen molar-refractivity contribution in [2.75, 3.05) is 13.1 Å². The molecule has 0 spiro atoms. The summed E-state index contributed by atoms with van der Waals surface area (Å²) in [6.07, 6.45) is 0.895. The van der Waals surface area contributed by atoms with Gasteiger partial charge < -0.3 is 11.1 Å². The molecule has 1 aliphatic rings. The van der Waals surface area contributed by atoms with Crippen LogP contribution in [0.5, 0.6) is 0 Å². The van der Waals surface area contributed by atoms with E-state index in [1.165, 1.54) is 13.0 Å². The van der Waals surface area contributed by atoms with Gasteiger partial charge in [-0.1, -0.05) is 24.4 Å². The molecule has 0 aliphatic carbocycles. The number of halogens is 1. The molecule has 1 atom stereocenters. The Labute approximate surface area is 123 Å². The SMILES string of the molecule is CC(=O)NC1CCN(Cc2ccc(C(N)=S)cc2F)C1. The number of carbonyl (C=O) groups excluding carboxylic acids is 1. The number of thiocarbonyl (C=S) groups is 1. The molecular weight excluding hydrogens is 277 g/mol. The maximum Gasteiger partial charge on any atom is 0.217 e. The van der Waals surface area contributed by atoms with Gasteiger partial charge >= 0.3 is 0 Å². The minimum absolute atomic E-state index is 0.0242. The molecular formula is C14H18FN3OS. The second kappa shape index (κ2) is 6.28. The molecule has 1 aromatic carbocycles. The van der Waals surface area contributed by atoms with E-state index in [-0.39, 0.29) is 22.8 Å². The van der Waals surface area contributed by atoms with E-state index in [1.807, 2.05) is 0 Å². The lowest BCUT2D eigenvalue weighted by Crippen LogP contribution is -2.35. The fourth-order valence-corrected chi connectivity index (χ4v) is 2.58. The van der Waals surface area contributed by atoms with Crippen molar-refractivity contribution in [1.29, 1.82) is 0 Å². The molecule has 1 aromatic rings. The summed E-state index contributed by atoms with van der Waals surface area (Å²) in [6.45, 7) is 3.63. The van der Waals surface area contributed by atoms with Crippen LogP contribution in [0.3, 0.4) is 0 Å². The number of benzene rings is 1. The largest absolute Gasteiger partial charge is 0.389 e. The molecule has 1 heterocycles. The lowest BCUT2D eigenvalue weighted by atomic mass is 10.1. The molecule has 20 heavy (non-hydrogen) atoms. The first kappa shape index (κ1) is 14.9. The normalized spacial score (nSPS) is 19.0. The topological polar surface area (TPSA) is 58.4 Å². The third kappa shape index (κ3) is 3.74. The number of carbonyl (C=O) groups is 1. The molecule has 2 rings (SSSR count). The quantitative estimate of drug-likeness (QED) is 0.819. The first-order chi connectivity index (χ1) is 9.45. The van der Waals surface area contributed by atoms with E-state index in [0.717, 1.165) is 19.5 Å². The number of rotatable bonds is 4. The number of nitrogens with zero attached hydrogens (tertiary/aromatic N) is 1. The van der Waals surface area contributed by atoms with Crippen LogP contribution >= 0.6 is 12.2 Å². The van der Waals surface area contributed by atoms with Crippen LogP contribution < -0.4 is 11.1 Å². The highest BCUT2D eigenvalue weighted by Crippen LogP contribution is 2.17. The molecule has 1 saturated heterocycles. The van der Waals surface area contributed by atoms with Gasteiger partial charge in [0.25, 0.3) is 0 Å². The van der Waals surface area contributed by atoms with E-state index >= 15 is 0 Å². The van der Waals surface area contributed by atoms with Gasteiger partial charge in [0.15, 0.2) is 0 Å². The van der Waals surface area contributed by atoms with E-state index < -0.39 is 0 Å². The number of nitrogens with one attached hydrogen (secondary N) is 1.